The van der Waals surface area contributed by atoms with Gasteiger partial charge in [0.05, 0.1) is 0 Å². The molecule has 0 saturated heterocycles. The Kier molecular flexibility index (Phi) is 8.37. The van der Waals surface area contributed by atoms with Crippen molar-refractivity contribution < 1.29 is 40.9 Å². The standard InChI is InChI=1S/C7H10O4.2H2N.Pt/c1-4-2-3-7(4,5(8)9)6(10)11;;;/h4H,2-3H2,1H3,(H,8,9)(H,10,11);2*1H2;/q;2*-1;+2/t4-;;;/m0.../s1. The van der Waals surface area contributed by atoms with Gasteiger partial charge in [0.25, 0.3) is 0 Å². The average Bonchev–Trinajstić information content (AvgIpc) is 1.83. The van der Waals surface area contributed by atoms with Crippen LogP contribution in [0.3, 0.4) is 0 Å². The van der Waals surface area contributed by atoms with E-state index in [1.807, 2.05) is 0 Å². The second-order valence-electron chi connectivity index (χ2n) is 3.02. The molecule has 0 heterocycles. The fourth-order valence-electron chi connectivity index (χ4n) is 1.45. The molecule has 1 aliphatic carbocycles. The number of hydrogen-bond donors (Lipinski definition) is 2. The first kappa shape index (κ1) is 19.2. The van der Waals surface area contributed by atoms with Crippen LogP contribution in [0.4, 0.5) is 0 Å². The van der Waals surface area contributed by atoms with Gasteiger partial charge in [-0.05, 0) is 18.8 Å². The van der Waals surface area contributed by atoms with Crippen molar-refractivity contribution in [3.8, 4) is 0 Å². The van der Waals surface area contributed by atoms with Gasteiger partial charge in [0.15, 0.2) is 5.41 Å². The third-order valence-corrected chi connectivity index (χ3v) is 2.58. The van der Waals surface area contributed by atoms with Crippen molar-refractivity contribution in [2.75, 3.05) is 0 Å². The first-order chi connectivity index (χ1) is 5.01. The predicted molar refractivity (Wildman–Crippen MR) is 46.7 cm³/mol. The Morgan fingerprint density at radius 2 is 1.57 bits per heavy atom. The van der Waals surface area contributed by atoms with E-state index in [2.05, 4.69) is 0 Å². The smallest absolute Gasteiger partial charge is 0.693 e. The third kappa shape index (κ3) is 2.32. The van der Waals surface area contributed by atoms with E-state index >= 15 is 0 Å². The minimum absolute atomic E-state index is 0. The van der Waals surface area contributed by atoms with E-state index in [1.54, 1.807) is 6.92 Å². The Morgan fingerprint density at radius 1 is 1.21 bits per heavy atom. The number of nitrogens with two attached hydrogens (primary N) is 2. The van der Waals surface area contributed by atoms with Crippen LogP contribution in [0.25, 0.3) is 12.3 Å². The summed E-state index contributed by atoms with van der Waals surface area (Å²) < 4.78 is 0. The molecule has 0 aliphatic heterocycles. The van der Waals surface area contributed by atoms with Crippen LogP contribution >= 0.6 is 0 Å². The first-order valence-corrected chi connectivity index (χ1v) is 3.48. The molecule has 0 spiro atoms. The molecule has 0 aromatic heterocycles. The van der Waals surface area contributed by atoms with E-state index in [-0.39, 0.29) is 45.7 Å². The van der Waals surface area contributed by atoms with Crippen molar-refractivity contribution in [2.45, 2.75) is 19.8 Å². The molecule has 0 unspecified atom stereocenters. The molecule has 0 bridgehead atoms. The van der Waals surface area contributed by atoms with Crippen molar-refractivity contribution in [3.63, 3.8) is 0 Å². The molecule has 1 saturated carbocycles. The molecular formula is C7H14N2O4Pt. The Bertz CT molecular complexity index is 208. The van der Waals surface area contributed by atoms with Crippen LogP contribution in [0.1, 0.15) is 19.8 Å². The van der Waals surface area contributed by atoms with Gasteiger partial charge in [-0.3, -0.25) is 9.59 Å². The maximum atomic E-state index is 10.6. The van der Waals surface area contributed by atoms with E-state index in [0.29, 0.717) is 6.42 Å². The monoisotopic (exact) mass is 385 g/mol. The Balaban J connectivity index is -0.000000403. The van der Waals surface area contributed by atoms with Crippen LogP contribution in [0.15, 0.2) is 0 Å². The number of carboxylic acids is 2. The van der Waals surface area contributed by atoms with Gasteiger partial charge in [-0.2, -0.15) is 0 Å². The summed E-state index contributed by atoms with van der Waals surface area (Å²) in [6, 6.07) is 0. The van der Waals surface area contributed by atoms with Crippen molar-refractivity contribution in [1.29, 1.82) is 0 Å². The van der Waals surface area contributed by atoms with Crippen LogP contribution in [-0.4, -0.2) is 22.2 Å². The van der Waals surface area contributed by atoms with E-state index in [0.717, 1.165) is 0 Å². The maximum absolute atomic E-state index is 10.6. The van der Waals surface area contributed by atoms with Crippen molar-refractivity contribution in [1.82, 2.24) is 0 Å². The number of carboxylic acid groups (broad SMARTS) is 2. The molecule has 1 fully saturated rings. The quantitative estimate of drug-likeness (QED) is 0.701. The van der Waals surface area contributed by atoms with E-state index in [9.17, 15) is 9.59 Å². The van der Waals surface area contributed by atoms with Gasteiger partial charge in [0.2, 0.25) is 0 Å². The van der Waals surface area contributed by atoms with Gasteiger partial charge in [0.1, 0.15) is 0 Å². The van der Waals surface area contributed by atoms with Gasteiger partial charge in [-0.1, -0.05) is 6.92 Å². The van der Waals surface area contributed by atoms with Crippen molar-refractivity contribution in [2.24, 2.45) is 11.3 Å². The summed E-state index contributed by atoms with van der Waals surface area (Å²) >= 11 is 0. The molecule has 0 aromatic rings. The molecule has 6 N–H and O–H groups in total. The summed E-state index contributed by atoms with van der Waals surface area (Å²) in [6.45, 7) is 1.66. The molecule has 14 heavy (non-hydrogen) atoms. The summed E-state index contributed by atoms with van der Waals surface area (Å²) in [5, 5.41) is 17.3. The molecule has 0 amide bonds. The minimum Gasteiger partial charge on any atom is -0.693 e. The zero-order valence-electron chi connectivity index (χ0n) is 7.67. The Hall–Kier alpha value is -0.452. The molecule has 6 nitrogen and oxygen atoms in total. The topological polar surface area (TPSA) is 142 Å². The van der Waals surface area contributed by atoms with E-state index in [4.69, 9.17) is 10.2 Å². The number of aliphatic carboxylic acids is 2. The fourth-order valence-corrected chi connectivity index (χ4v) is 1.45. The van der Waals surface area contributed by atoms with Crippen LogP contribution < -0.4 is 0 Å². The summed E-state index contributed by atoms with van der Waals surface area (Å²) in [4.78, 5) is 21.1. The molecule has 0 aromatic carbocycles. The minimum atomic E-state index is -1.49. The van der Waals surface area contributed by atoms with Crippen LogP contribution in [0, 0.1) is 11.3 Å². The zero-order chi connectivity index (χ0) is 8.65. The summed E-state index contributed by atoms with van der Waals surface area (Å²) in [5.41, 5.74) is -1.49. The van der Waals surface area contributed by atoms with Gasteiger partial charge < -0.3 is 22.5 Å². The SMILES string of the molecule is C[C@H]1CCC1(C(=O)O)C(=O)O.[NH2-].[NH2-].[Pt+2]. The average molecular weight is 385 g/mol. The third-order valence-electron chi connectivity index (χ3n) is 2.58. The van der Waals surface area contributed by atoms with Crippen molar-refractivity contribution in [3.05, 3.63) is 12.3 Å². The van der Waals surface area contributed by atoms with E-state index < -0.39 is 17.4 Å². The Morgan fingerprint density at radius 3 is 1.57 bits per heavy atom. The fraction of sp³-hybridized carbons (Fsp3) is 0.714. The summed E-state index contributed by atoms with van der Waals surface area (Å²) in [7, 11) is 0. The molecule has 7 heteroatoms. The molecule has 1 atom stereocenters. The van der Waals surface area contributed by atoms with E-state index in [1.165, 1.54) is 0 Å². The predicted octanol–water partition coefficient (Wildman–Crippen LogP) is 2.00. The number of hydrogen-bond acceptors (Lipinski definition) is 2. The first-order valence-electron chi connectivity index (χ1n) is 3.48. The van der Waals surface area contributed by atoms with Gasteiger partial charge in [-0.25, -0.2) is 0 Å². The molecule has 1 rings (SSSR count). The molecular weight excluding hydrogens is 371 g/mol. The molecule has 86 valence electrons. The normalized spacial score (nSPS) is 21.4. The largest absolute Gasteiger partial charge is 2.00 e. The molecule has 1 aliphatic rings. The van der Waals surface area contributed by atoms with Crippen LogP contribution in [0.2, 0.25) is 0 Å². The zero-order valence-corrected chi connectivity index (χ0v) is 9.95. The summed E-state index contributed by atoms with van der Waals surface area (Å²) in [5.74, 6) is -2.65. The van der Waals surface area contributed by atoms with Crippen LogP contribution in [-0.2, 0) is 30.7 Å². The number of carbonyl (C=O) groups is 2. The maximum Gasteiger partial charge on any atom is 2.00 e. The van der Waals surface area contributed by atoms with Gasteiger partial charge in [0, 0.05) is 0 Å². The van der Waals surface area contributed by atoms with Gasteiger partial charge >= 0.3 is 33.0 Å². The number of rotatable bonds is 2. The molecule has 0 radical (unpaired) electrons. The Labute approximate surface area is 96.5 Å². The van der Waals surface area contributed by atoms with Gasteiger partial charge in [-0.15, -0.1) is 0 Å². The van der Waals surface area contributed by atoms with Crippen molar-refractivity contribution >= 4 is 11.9 Å². The second-order valence-corrected chi connectivity index (χ2v) is 3.02. The second kappa shape index (κ2) is 6.11. The summed E-state index contributed by atoms with van der Waals surface area (Å²) in [6.07, 6.45) is 0.956. The van der Waals surface area contributed by atoms with Crippen LogP contribution in [0.5, 0.6) is 0 Å².